The topological polar surface area (TPSA) is 87.6 Å². The zero-order valence-electron chi connectivity index (χ0n) is 19.0. The fourth-order valence-corrected chi connectivity index (χ4v) is 4.74. The van der Waals surface area contributed by atoms with Crippen LogP contribution < -0.4 is 16.0 Å². The normalized spacial score (nSPS) is 15.6. The Balaban J connectivity index is 1.91. The van der Waals surface area contributed by atoms with Crippen LogP contribution in [-0.4, -0.2) is 32.5 Å². The number of aryl methyl sites for hydroxylation is 2. The highest BCUT2D eigenvalue weighted by molar-refractivity contribution is 5.96. The number of aromatic nitrogens is 3. The molecule has 0 unspecified atom stereocenters. The average molecular weight is 447 g/mol. The predicted octanol–water partition coefficient (Wildman–Crippen LogP) is 2.85. The second-order valence-corrected chi connectivity index (χ2v) is 8.36. The number of phenolic OH excluding ortho intramolecular Hbond substituents is 1. The molecule has 0 fully saturated rings. The molecule has 0 bridgehead atoms. The van der Waals surface area contributed by atoms with Crippen molar-refractivity contribution in [3.63, 3.8) is 0 Å². The van der Waals surface area contributed by atoms with Crippen molar-refractivity contribution in [2.75, 3.05) is 13.7 Å². The highest BCUT2D eigenvalue weighted by atomic mass is 16.5. The van der Waals surface area contributed by atoms with Crippen molar-refractivity contribution < 1.29 is 14.6 Å². The Hall–Kier alpha value is -3.78. The van der Waals surface area contributed by atoms with E-state index >= 15 is 0 Å². The number of hydrogen-bond acceptors (Lipinski definition) is 5. The maximum absolute atomic E-state index is 13.4. The quantitative estimate of drug-likeness (QED) is 0.522. The first kappa shape index (κ1) is 21.1. The fraction of sp³-hybridized carbons (Fsp3) is 0.280. The zero-order valence-corrected chi connectivity index (χ0v) is 19.0. The summed E-state index contributed by atoms with van der Waals surface area (Å²) in [5, 5.41) is 11.2. The molecular weight excluding hydrogens is 422 g/mol. The molecule has 3 heterocycles. The molecule has 8 heteroatoms. The molecular formula is C25H25N3O5. The molecule has 0 saturated carbocycles. The number of ether oxygens (including phenoxy) is 2. The van der Waals surface area contributed by atoms with Crippen molar-refractivity contribution in [1.82, 2.24) is 13.7 Å². The SMILES string of the molecule is COc1ccc(-c2c3c(=O)n(C)c(=O)n(C)c3c3n2CCO[C@H]3c2ccc(C)cc2O)cc1. The summed E-state index contributed by atoms with van der Waals surface area (Å²) in [4.78, 5) is 26.3. The molecule has 0 aliphatic carbocycles. The number of aromatic hydroxyl groups is 1. The molecule has 5 rings (SSSR count). The first-order valence-corrected chi connectivity index (χ1v) is 10.7. The van der Waals surface area contributed by atoms with Crippen LogP contribution in [0.2, 0.25) is 0 Å². The van der Waals surface area contributed by atoms with E-state index in [1.807, 2.05) is 47.9 Å². The summed E-state index contributed by atoms with van der Waals surface area (Å²) >= 11 is 0. The van der Waals surface area contributed by atoms with Crippen LogP contribution in [0.4, 0.5) is 0 Å². The van der Waals surface area contributed by atoms with Gasteiger partial charge in [0.05, 0.1) is 36.0 Å². The molecule has 8 nitrogen and oxygen atoms in total. The third-order valence-electron chi connectivity index (χ3n) is 6.38. The molecule has 2 aromatic carbocycles. The first-order valence-electron chi connectivity index (χ1n) is 10.7. The minimum absolute atomic E-state index is 0.114. The van der Waals surface area contributed by atoms with Gasteiger partial charge in [-0.2, -0.15) is 0 Å². The molecule has 170 valence electrons. The van der Waals surface area contributed by atoms with E-state index in [1.165, 1.54) is 11.6 Å². The molecule has 4 aromatic rings. The molecule has 0 amide bonds. The third kappa shape index (κ3) is 3.09. The number of methoxy groups -OCH3 is 1. The molecule has 1 aliphatic rings. The van der Waals surface area contributed by atoms with Gasteiger partial charge in [0.2, 0.25) is 0 Å². The summed E-state index contributed by atoms with van der Waals surface area (Å²) < 4.78 is 16.1. The van der Waals surface area contributed by atoms with Gasteiger partial charge in [0.15, 0.2) is 0 Å². The van der Waals surface area contributed by atoms with Crippen LogP contribution in [0.15, 0.2) is 52.1 Å². The first-order chi connectivity index (χ1) is 15.8. The second-order valence-electron chi connectivity index (χ2n) is 8.36. The molecule has 0 radical (unpaired) electrons. The molecule has 0 spiro atoms. The summed E-state index contributed by atoms with van der Waals surface area (Å²) in [5.41, 5.74) is 3.47. The maximum Gasteiger partial charge on any atom is 0.331 e. The van der Waals surface area contributed by atoms with Crippen molar-refractivity contribution in [2.45, 2.75) is 19.6 Å². The summed E-state index contributed by atoms with van der Waals surface area (Å²) in [7, 11) is 4.74. The molecule has 0 saturated heterocycles. The van der Waals surface area contributed by atoms with Gasteiger partial charge in [-0.15, -0.1) is 0 Å². The molecule has 1 aliphatic heterocycles. The van der Waals surface area contributed by atoms with Gasteiger partial charge in [0, 0.05) is 26.2 Å². The molecule has 1 N–H and O–H groups in total. The van der Waals surface area contributed by atoms with Gasteiger partial charge in [-0.05, 0) is 48.4 Å². The number of rotatable bonds is 3. The number of benzene rings is 2. The summed E-state index contributed by atoms with van der Waals surface area (Å²) in [5.74, 6) is 0.821. The lowest BCUT2D eigenvalue weighted by molar-refractivity contribution is 0.0464. The van der Waals surface area contributed by atoms with Gasteiger partial charge in [-0.3, -0.25) is 13.9 Å². The molecule has 33 heavy (non-hydrogen) atoms. The average Bonchev–Trinajstić information content (AvgIpc) is 3.17. The standard InChI is InChI=1S/C25H25N3O5/c1-14-5-10-17(18(29)13-14)23-22-21-19(24(30)27(3)25(31)26(21)2)20(28(22)11-12-33-23)15-6-8-16(32-4)9-7-15/h5-10,13,23,29H,11-12H2,1-4H3/t23-/m0/s1. The largest absolute Gasteiger partial charge is 0.508 e. The van der Waals surface area contributed by atoms with Crippen LogP contribution in [0.3, 0.4) is 0 Å². The van der Waals surface area contributed by atoms with Crippen LogP contribution in [0.5, 0.6) is 11.5 Å². The molecule has 1 atom stereocenters. The number of nitrogens with zero attached hydrogens (tertiary/aromatic N) is 3. The summed E-state index contributed by atoms with van der Waals surface area (Å²) in [6.07, 6.45) is -0.633. The Morgan fingerprint density at radius 2 is 1.79 bits per heavy atom. The zero-order chi connectivity index (χ0) is 23.4. The smallest absolute Gasteiger partial charge is 0.331 e. The number of fused-ring (bicyclic) bond motifs is 3. The highest BCUT2D eigenvalue weighted by Crippen LogP contribution is 2.42. The van der Waals surface area contributed by atoms with E-state index in [1.54, 1.807) is 20.2 Å². The van der Waals surface area contributed by atoms with E-state index < -0.39 is 11.8 Å². The van der Waals surface area contributed by atoms with Crippen LogP contribution in [-0.2, 0) is 25.4 Å². The van der Waals surface area contributed by atoms with Crippen LogP contribution in [0.1, 0.15) is 22.9 Å². The van der Waals surface area contributed by atoms with Crippen molar-refractivity contribution in [3.8, 4) is 22.8 Å². The Bertz CT molecular complexity index is 1510. The van der Waals surface area contributed by atoms with Gasteiger partial charge < -0.3 is 19.1 Å². The van der Waals surface area contributed by atoms with E-state index in [0.29, 0.717) is 41.1 Å². The summed E-state index contributed by atoms with van der Waals surface area (Å²) in [6.45, 7) is 2.80. The minimum atomic E-state index is -0.633. The highest BCUT2D eigenvalue weighted by Gasteiger charge is 2.34. The van der Waals surface area contributed by atoms with Gasteiger partial charge in [0.25, 0.3) is 5.56 Å². The van der Waals surface area contributed by atoms with E-state index in [2.05, 4.69) is 0 Å². The van der Waals surface area contributed by atoms with Crippen LogP contribution in [0, 0.1) is 6.92 Å². The maximum atomic E-state index is 13.4. The lowest BCUT2D eigenvalue weighted by Gasteiger charge is -2.28. The van der Waals surface area contributed by atoms with Crippen molar-refractivity contribution in [1.29, 1.82) is 0 Å². The van der Waals surface area contributed by atoms with Crippen LogP contribution in [0.25, 0.3) is 22.2 Å². The minimum Gasteiger partial charge on any atom is -0.508 e. The lowest BCUT2D eigenvalue weighted by atomic mass is 10.0. The second kappa shape index (κ2) is 7.67. The monoisotopic (exact) mass is 447 g/mol. The Kier molecular flexibility index (Phi) is 4.90. The van der Waals surface area contributed by atoms with E-state index in [4.69, 9.17) is 9.47 Å². The van der Waals surface area contributed by atoms with E-state index in [9.17, 15) is 14.7 Å². The number of phenols is 1. The lowest BCUT2D eigenvalue weighted by Crippen LogP contribution is -2.37. The third-order valence-corrected chi connectivity index (χ3v) is 6.38. The fourth-order valence-electron chi connectivity index (χ4n) is 4.74. The van der Waals surface area contributed by atoms with Crippen molar-refractivity contribution >= 4 is 10.9 Å². The van der Waals surface area contributed by atoms with E-state index in [0.717, 1.165) is 21.4 Å². The van der Waals surface area contributed by atoms with Crippen LogP contribution >= 0.6 is 0 Å². The number of hydrogen-bond donors (Lipinski definition) is 1. The predicted molar refractivity (Wildman–Crippen MR) is 125 cm³/mol. The molecule has 2 aromatic heterocycles. The summed E-state index contributed by atoms with van der Waals surface area (Å²) in [6, 6.07) is 12.9. The Morgan fingerprint density at radius 1 is 1.06 bits per heavy atom. The van der Waals surface area contributed by atoms with E-state index in [-0.39, 0.29) is 11.3 Å². The van der Waals surface area contributed by atoms with Gasteiger partial charge >= 0.3 is 5.69 Å². The van der Waals surface area contributed by atoms with Crippen molar-refractivity contribution in [2.24, 2.45) is 14.1 Å². The van der Waals surface area contributed by atoms with Crippen molar-refractivity contribution in [3.05, 3.63) is 80.1 Å². The van der Waals surface area contributed by atoms with Gasteiger partial charge in [0.1, 0.15) is 17.6 Å². The Labute approximate surface area is 189 Å². The Morgan fingerprint density at radius 3 is 2.45 bits per heavy atom. The van der Waals surface area contributed by atoms with Gasteiger partial charge in [-0.1, -0.05) is 12.1 Å². The van der Waals surface area contributed by atoms with Gasteiger partial charge in [-0.25, -0.2) is 4.79 Å².